The fraction of sp³-hybridized carbons (Fsp3) is 0.435. The van der Waals surface area contributed by atoms with E-state index in [1.807, 2.05) is 49.3 Å². The molecule has 1 atom stereocenters. The van der Waals surface area contributed by atoms with E-state index in [9.17, 15) is 9.18 Å². The Morgan fingerprint density at radius 2 is 1.90 bits per heavy atom. The summed E-state index contributed by atoms with van der Waals surface area (Å²) in [5.74, 6) is 0.559. The predicted molar refractivity (Wildman–Crippen MR) is 112 cm³/mol. The number of para-hydroxylation sites is 1. The highest BCUT2D eigenvalue weighted by molar-refractivity contribution is 5.74. The molecule has 0 aliphatic heterocycles. The van der Waals surface area contributed by atoms with Crippen LogP contribution in [-0.2, 0) is 6.54 Å². The molecule has 2 N–H and O–H groups in total. The lowest BCUT2D eigenvalue weighted by molar-refractivity contribution is 0.207. The minimum Gasteiger partial charge on any atom is -0.490 e. The maximum atomic E-state index is 13.6. The molecule has 3 rings (SSSR count). The van der Waals surface area contributed by atoms with Crippen LogP contribution in [0.4, 0.5) is 9.18 Å². The maximum absolute atomic E-state index is 13.6. The number of amides is 2. The van der Waals surface area contributed by atoms with Crippen LogP contribution in [0.25, 0.3) is 0 Å². The van der Waals surface area contributed by atoms with Crippen molar-refractivity contribution in [3.63, 3.8) is 0 Å². The zero-order valence-corrected chi connectivity index (χ0v) is 17.2. The third-order valence-electron chi connectivity index (χ3n) is 5.32. The molecule has 2 amide bonds. The van der Waals surface area contributed by atoms with Crippen LogP contribution in [0.5, 0.6) is 5.75 Å². The van der Waals surface area contributed by atoms with E-state index in [0.717, 1.165) is 29.7 Å². The molecule has 156 valence electrons. The number of nitrogens with one attached hydrogen (secondary N) is 2. The van der Waals surface area contributed by atoms with Crippen molar-refractivity contribution in [2.24, 2.45) is 0 Å². The van der Waals surface area contributed by atoms with Gasteiger partial charge in [-0.2, -0.15) is 0 Å². The monoisotopic (exact) mass is 399 g/mol. The lowest BCUT2D eigenvalue weighted by Crippen LogP contribution is -2.40. The topological polar surface area (TPSA) is 53.6 Å². The Labute approximate surface area is 172 Å². The second-order valence-electron chi connectivity index (χ2n) is 7.73. The van der Waals surface area contributed by atoms with Crippen molar-refractivity contribution in [3.05, 3.63) is 65.5 Å². The molecule has 2 aromatic rings. The van der Waals surface area contributed by atoms with Gasteiger partial charge in [0.25, 0.3) is 0 Å². The van der Waals surface area contributed by atoms with Crippen LogP contribution in [0.2, 0.25) is 0 Å². The van der Waals surface area contributed by atoms with Crippen molar-refractivity contribution < 1.29 is 13.9 Å². The fourth-order valence-corrected chi connectivity index (χ4v) is 3.69. The highest BCUT2D eigenvalue weighted by Crippen LogP contribution is 2.26. The van der Waals surface area contributed by atoms with Crippen molar-refractivity contribution in [2.45, 2.75) is 44.4 Å². The van der Waals surface area contributed by atoms with Crippen molar-refractivity contribution in [1.29, 1.82) is 0 Å². The number of carbonyl (C=O) groups is 1. The van der Waals surface area contributed by atoms with Crippen molar-refractivity contribution in [3.8, 4) is 5.75 Å². The average Bonchev–Trinajstić information content (AvgIpc) is 3.20. The van der Waals surface area contributed by atoms with Crippen molar-refractivity contribution in [2.75, 3.05) is 20.6 Å². The molecule has 1 unspecified atom stereocenters. The molecule has 0 spiro atoms. The smallest absolute Gasteiger partial charge is 0.315 e. The summed E-state index contributed by atoms with van der Waals surface area (Å²) in [6.45, 7) is 0.768. The first kappa shape index (κ1) is 21.1. The van der Waals surface area contributed by atoms with Gasteiger partial charge in [0.2, 0.25) is 0 Å². The van der Waals surface area contributed by atoms with Crippen LogP contribution >= 0.6 is 0 Å². The number of ether oxygens (including phenoxy) is 1. The Hall–Kier alpha value is -2.60. The third-order valence-corrected chi connectivity index (χ3v) is 5.32. The number of urea groups is 1. The summed E-state index contributed by atoms with van der Waals surface area (Å²) < 4.78 is 19.7. The Bertz CT molecular complexity index is 806. The second kappa shape index (κ2) is 10.3. The zero-order valence-electron chi connectivity index (χ0n) is 17.2. The van der Waals surface area contributed by atoms with E-state index >= 15 is 0 Å². The van der Waals surface area contributed by atoms with Gasteiger partial charge in [-0.1, -0.05) is 30.3 Å². The lowest BCUT2D eigenvalue weighted by atomic mass is 10.1. The molecule has 29 heavy (non-hydrogen) atoms. The minimum atomic E-state index is -0.280. The SMILES string of the molecule is CN(C)C(CNC(=O)NCc1ccccc1OC1CCCC1)c1cccc(F)c1. The molecule has 0 radical (unpaired) electrons. The van der Waals surface area contributed by atoms with Gasteiger partial charge in [-0.15, -0.1) is 0 Å². The molecule has 1 saturated carbocycles. The molecule has 0 heterocycles. The summed E-state index contributed by atoms with van der Waals surface area (Å²) >= 11 is 0. The number of hydrogen-bond acceptors (Lipinski definition) is 3. The Balaban J connectivity index is 1.53. The van der Waals surface area contributed by atoms with Crippen molar-refractivity contribution in [1.82, 2.24) is 15.5 Å². The standard InChI is InChI=1S/C23H30FN3O2/c1-27(2)21(17-9-7-10-19(24)14-17)16-26-23(28)25-15-18-8-3-6-13-22(18)29-20-11-4-5-12-20/h3,6-10,13-14,20-21H,4-5,11-12,15-16H2,1-2H3,(H2,25,26,28). The number of halogens is 1. The van der Waals surface area contributed by atoms with Gasteiger partial charge in [-0.3, -0.25) is 0 Å². The molecule has 6 heteroatoms. The Kier molecular flexibility index (Phi) is 7.47. The zero-order chi connectivity index (χ0) is 20.6. The number of benzene rings is 2. The van der Waals surface area contributed by atoms with Gasteiger partial charge in [0, 0.05) is 18.7 Å². The molecular weight excluding hydrogens is 369 g/mol. The normalized spacial score (nSPS) is 15.3. The molecule has 0 bridgehead atoms. The number of carbonyl (C=O) groups excluding carboxylic acids is 1. The lowest BCUT2D eigenvalue weighted by Gasteiger charge is -2.25. The number of rotatable bonds is 8. The first-order chi connectivity index (χ1) is 14.0. The summed E-state index contributed by atoms with van der Waals surface area (Å²) in [7, 11) is 3.82. The largest absolute Gasteiger partial charge is 0.490 e. The van der Waals surface area contributed by atoms with Gasteiger partial charge < -0.3 is 20.3 Å². The predicted octanol–water partition coefficient (Wildman–Crippen LogP) is 4.25. The van der Waals surface area contributed by atoms with E-state index in [1.165, 1.54) is 25.0 Å². The number of nitrogens with zero attached hydrogens (tertiary/aromatic N) is 1. The summed E-state index contributed by atoms with van der Waals surface area (Å²) in [6.07, 6.45) is 4.89. The molecule has 1 aliphatic rings. The Morgan fingerprint density at radius 3 is 2.62 bits per heavy atom. The van der Waals surface area contributed by atoms with Crippen LogP contribution in [0, 0.1) is 5.82 Å². The molecule has 0 saturated heterocycles. The van der Waals surface area contributed by atoms with Gasteiger partial charge in [0.15, 0.2) is 0 Å². The van der Waals surface area contributed by atoms with Crippen LogP contribution in [0.1, 0.15) is 42.9 Å². The highest BCUT2D eigenvalue weighted by atomic mass is 19.1. The summed E-state index contributed by atoms with van der Waals surface area (Å²) in [6, 6.07) is 13.9. The summed E-state index contributed by atoms with van der Waals surface area (Å²) in [4.78, 5) is 14.3. The van der Waals surface area contributed by atoms with Crippen LogP contribution in [0.15, 0.2) is 48.5 Å². The van der Waals surface area contributed by atoms with E-state index in [4.69, 9.17) is 4.74 Å². The third kappa shape index (κ3) is 6.19. The highest BCUT2D eigenvalue weighted by Gasteiger charge is 2.18. The van der Waals surface area contributed by atoms with Gasteiger partial charge in [0.05, 0.1) is 12.1 Å². The van der Waals surface area contributed by atoms with Gasteiger partial charge in [0.1, 0.15) is 11.6 Å². The first-order valence-electron chi connectivity index (χ1n) is 10.2. The molecule has 1 aliphatic carbocycles. The van der Waals surface area contributed by atoms with E-state index in [2.05, 4.69) is 10.6 Å². The molecule has 2 aromatic carbocycles. The van der Waals surface area contributed by atoms with Gasteiger partial charge in [-0.05, 0) is 63.5 Å². The van der Waals surface area contributed by atoms with Crippen LogP contribution in [0.3, 0.4) is 0 Å². The van der Waals surface area contributed by atoms with Crippen LogP contribution < -0.4 is 15.4 Å². The van der Waals surface area contributed by atoms with E-state index < -0.39 is 0 Å². The molecule has 1 fully saturated rings. The minimum absolute atomic E-state index is 0.116. The summed E-state index contributed by atoms with van der Waals surface area (Å²) in [5, 5.41) is 5.79. The second-order valence-corrected chi connectivity index (χ2v) is 7.73. The number of likely N-dealkylation sites (N-methyl/N-ethyl adjacent to an activating group) is 1. The van der Waals surface area contributed by atoms with Gasteiger partial charge in [-0.25, -0.2) is 9.18 Å². The summed E-state index contributed by atoms with van der Waals surface area (Å²) in [5.41, 5.74) is 1.79. The first-order valence-corrected chi connectivity index (χ1v) is 10.2. The quantitative estimate of drug-likeness (QED) is 0.698. The van der Waals surface area contributed by atoms with Gasteiger partial charge >= 0.3 is 6.03 Å². The Morgan fingerprint density at radius 1 is 1.14 bits per heavy atom. The van der Waals surface area contributed by atoms with E-state index in [0.29, 0.717) is 13.1 Å². The fourth-order valence-electron chi connectivity index (χ4n) is 3.69. The van der Waals surface area contributed by atoms with E-state index in [-0.39, 0.29) is 24.0 Å². The van der Waals surface area contributed by atoms with E-state index in [1.54, 1.807) is 6.07 Å². The number of hydrogen-bond donors (Lipinski definition) is 2. The maximum Gasteiger partial charge on any atom is 0.315 e. The van der Waals surface area contributed by atoms with Crippen LogP contribution in [-0.4, -0.2) is 37.7 Å². The van der Waals surface area contributed by atoms with Crippen molar-refractivity contribution >= 4 is 6.03 Å². The molecular formula is C23H30FN3O2. The molecule has 5 nitrogen and oxygen atoms in total. The average molecular weight is 400 g/mol. The molecule has 0 aromatic heterocycles.